The quantitative estimate of drug-likeness (QED) is 0.648. The van der Waals surface area contributed by atoms with E-state index in [1.165, 1.54) is 0 Å². The van der Waals surface area contributed by atoms with Crippen molar-refractivity contribution in [2.24, 2.45) is 5.92 Å². The Balaban J connectivity index is 2.53. The van der Waals surface area contributed by atoms with E-state index in [1.54, 1.807) is 4.90 Å². The fourth-order valence-corrected chi connectivity index (χ4v) is 1.69. The van der Waals surface area contributed by atoms with E-state index in [4.69, 9.17) is 4.74 Å². The summed E-state index contributed by atoms with van der Waals surface area (Å²) in [6.07, 6.45) is 2.08. The highest BCUT2D eigenvalue weighted by molar-refractivity contribution is 5.79. The van der Waals surface area contributed by atoms with Crippen LogP contribution in [0.15, 0.2) is 0 Å². The third kappa shape index (κ3) is 2.44. The highest BCUT2D eigenvalue weighted by Crippen LogP contribution is 2.22. The van der Waals surface area contributed by atoms with Crippen molar-refractivity contribution in [1.82, 2.24) is 4.90 Å². The van der Waals surface area contributed by atoms with Crippen LogP contribution in [0.2, 0.25) is 0 Å². The zero-order chi connectivity index (χ0) is 9.84. The normalized spacial score (nSPS) is 28.5. The van der Waals surface area contributed by atoms with Crippen LogP contribution in [-0.2, 0) is 9.53 Å². The second-order valence-corrected chi connectivity index (χ2v) is 3.68. The molecular formula is C10H19NO2. The zero-order valence-corrected chi connectivity index (χ0v) is 8.75. The van der Waals surface area contributed by atoms with Gasteiger partial charge in [-0.05, 0) is 26.7 Å². The van der Waals surface area contributed by atoms with Crippen molar-refractivity contribution in [3.8, 4) is 0 Å². The van der Waals surface area contributed by atoms with Gasteiger partial charge >= 0.3 is 0 Å². The van der Waals surface area contributed by atoms with Gasteiger partial charge in [0.1, 0.15) is 0 Å². The van der Waals surface area contributed by atoms with E-state index < -0.39 is 0 Å². The number of hydrogen-bond donors (Lipinski definition) is 0. The number of carbonyl (C=O) groups is 1. The topological polar surface area (TPSA) is 29.5 Å². The lowest BCUT2D eigenvalue weighted by Gasteiger charge is -2.30. The van der Waals surface area contributed by atoms with Crippen LogP contribution in [0, 0.1) is 5.92 Å². The minimum Gasteiger partial charge on any atom is -0.378 e. The molecule has 13 heavy (non-hydrogen) atoms. The molecule has 1 rings (SSSR count). The summed E-state index contributed by atoms with van der Waals surface area (Å²) in [6.45, 7) is 5.57. The molecular weight excluding hydrogens is 166 g/mol. The number of rotatable bonds is 2. The molecule has 0 aromatic heterocycles. The van der Waals surface area contributed by atoms with Crippen LogP contribution in [0.3, 0.4) is 0 Å². The Morgan fingerprint density at radius 1 is 1.62 bits per heavy atom. The molecule has 1 heterocycles. The lowest BCUT2D eigenvalue weighted by atomic mass is 9.94. The summed E-state index contributed by atoms with van der Waals surface area (Å²) in [5, 5.41) is 0. The first-order valence-electron chi connectivity index (χ1n) is 5.03. The van der Waals surface area contributed by atoms with Crippen LogP contribution in [0.1, 0.15) is 26.7 Å². The fraction of sp³-hybridized carbons (Fsp3) is 0.900. The zero-order valence-electron chi connectivity index (χ0n) is 8.75. The number of amides is 1. The molecule has 1 fully saturated rings. The first-order chi connectivity index (χ1) is 6.16. The van der Waals surface area contributed by atoms with Crippen LogP contribution < -0.4 is 0 Å². The lowest BCUT2D eigenvalue weighted by molar-refractivity contribution is -0.142. The largest absolute Gasteiger partial charge is 0.378 e. The van der Waals surface area contributed by atoms with Gasteiger partial charge in [-0.3, -0.25) is 4.79 Å². The molecule has 0 spiro atoms. The number of carbonyl (C=O) groups excluding carboxylic acids is 1. The van der Waals surface area contributed by atoms with E-state index in [1.807, 2.05) is 20.9 Å². The van der Waals surface area contributed by atoms with Crippen LogP contribution in [0.4, 0.5) is 0 Å². The molecule has 0 saturated carbocycles. The highest BCUT2D eigenvalue weighted by Gasteiger charge is 2.29. The second-order valence-electron chi connectivity index (χ2n) is 3.68. The summed E-state index contributed by atoms with van der Waals surface area (Å²) in [7, 11) is 1.85. The van der Waals surface area contributed by atoms with Crippen molar-refractivity contribution in [2.45, 2.75) is 32.8 Å². The molecule has 1 amide bonds. The Hall–Kier alpha value is -0.570. The van der Waals surface area contributed by atoms with E-state index in [0.29, 0.717) is 0 Å². The average Bonchev–Trinajstić information content (AvgIpc) is 2.16. The van der Waals surface area contributed by atoms with Crippen LogP contribution in [0.25, 0.3) is 0 Å². The summed E-state index contributed by atoms with van der Waals surface area (Å²) >= 11 is 0. The average molecular weight is 185 g/mol. The summed E-state index contributed by atoms with van der Waals surface area (Å²) in [5.41, 5.74) is 0. The summed E-state index contributed by atoms with van der Waals surface area (Å²) in [6, 6.07) is 0. The van der Waals surface area contributed by atoms with Crippen molar-refractivity contribution in [2.75, 3.05) is 20.2 Å². The van der Waals surface area contributed by atoms with Crippen molar-refractivity contribution >= 4 is 5.91 Å². The molecule has 0 bridgehead atoms. The number of ether oxygens (including phenoxy) is 1. The Labute approximate surface area is 80.1 Å². The Bertz CT molecular complexity index is 182. The van der Waals surface area contributed by atoms with Crippen LogP contribution >= 0.6 is 0 Å². The molecule has 0 N–H and O–H groups in total. The fourth-order valence-electron chi connectivity index (χ4n) is 1.69. The molecule has 0 aromatic rings. The Morgan fingerprint density at radius 3 is 2.85 bits per heavy atom. The van der Waals surface area contributed by atoms with Gasteiger partial charge in [0, 0.05) is 20.2 Å². The van der Waals surface area contributed by atoms with Gasteiger partial charge in [0.2, 0.25) is 5.91 Å². The highest BCUT2D eigenvalue weighted by atomic mass is 16.5. The van der Waals surface area contributed by atoms with Gasteiger partial charge in [-0.1, -0.05) is 0 Å². The number of hydrogen-bond acceptors (Lipinski definition) is 2. The molecule has 1 saturated heterocycles. The monoisotopic (exact) mass is 185 g/mol. The Morgan fingerprint density at radius 2 is 2.31 bits per heavy atom. The predicted octanol–water partition coefficient (Wildman–Crippen LogP) is 1.28. The molecule has 3 nitrogen and oxygen atoms in total. The molecule has 3 heteroatoms. The first kappa shape index (κ1) is 10.5. The van der Waals surface area contributed by atoms with Gasteiger partial charge < -0.3 is 9.64 Å². The van der Waals surface area contributed by atoms with E-state index in [0.717, 1.165) is 26.0 Å². The molecule has 2 unspecified atom stereocenters. The molecule has 76 valence electrons. The van der Waals surface area contributed by atoms with E-state index in [2.05, 4.69) is 0 Å². The molecule has 2 atom stereocenters. The van der Waals surface area contributed by atoms with Crippen molar-refractivity contribution in [1.29, 1.82) is 0 Å². The number of nitrogens with zero attached hydrogens (tertiary/aromatic N) is 1. The maximum absolute atomic E-state index is 11.8. The lowest BCUT2D eigenvalue weighted by Crippen LogP contribution is -2.41. The van der Waals surface area contributed by atoms with E-state index >= 15 is 0 Å². The smallest absolute Gasteiger partial charge is 0.228 e. The summed E-state index contributed by atoms with van der Waals surface area (Å²) in [5.74, 6) is 0.313. The van der Waals surface area contributed by atoms with Gasteiger partial charge in [0.25, 0.3) is 0 Å². The Kier molecular flexibility index (Phi) is 3.72. The van der Waals surface area contributed by atoms with Crippen LogP contribution in [-0.4, -0.2) is 37.1 Å². The van der Waals surface area contributed by atoms with Gasteiger partial charge in [-0.2, -0.15) is 0 Å². The SMILES string of the molecule is CCN(C)C(=O)C1CCCOC1C. The minimum absolute atomic E-state index is 0.0821. The van der Waals surface area contributed by atoms with Gasteiger partial charge in [0.15, 0.2) is 0 Å². The predicted molar refractivity (Wildman–Crippen MR) is 51.4 cm³/mol. The summed E-state index contributed by atoms with van der Waals surface area (Å²) < 4.78 is 5.46. The van der Waals surface area contributed by atoms with E-state index in [-0.39, 0.29) is 17.9 Å². The second kappa shape index (κ2) is 4.61. The molecule has 0 aromatic carbocycles. The molecule has 1 aliphatic heterocycles. The maximum Gasteiger partial charge on any atom is 0.228 e. The maximum atomic E-state index is 11.8. The molecule has 0 radical (unpaired) electrons. The van der Waals surface area contributed by atoms with Crippen molar-refractivity contribution < 1.29 is 9.53 Å². The van der Waals surface area contributed by atoms with E-state index in [9.17, 15) is 4.79 Å². The molecule has 1 aliphatic rings. The third-order valence-corrected chi connectivity index (χ3v) is 2.77. The minimum atomic E-state index is 0.0821. The van der Waals surface area contributed by atoms with Crippen molar-refractivity contribution in [3.63, 3.8) is 0 Å². The third-order valence-electron chi connectivity index (χ3n) is 2.77. The van der Waals surface area contributed by atoms with Gasteiger partial charge in [-0.25, -0.2) is 0 Å². The van der Waals surface area contributed by atoms with Gasteiger partial charge in [-0.15, -0.1) is 0 Å². The first-order valence-corrected chi connectivity index (χ1v) is 5.03. The molecule has 0 aliphatic carbocycles. The van der Waals surface area contributed by atoms with Crippen LogP contribution in [0.5, 0.6) is 0 Å². The standard InChI is InChI=1S/C10H19NO2/c1-4-11(3)10(12)9-6-5-7-13-8(9)2/h8-9H,4-7H2,1-3H3. The van der Waals surface area contributed by atoms with Gasteiger partial charge in [0.05, 0.1) is 12.0 Å². The summed E-state index contributed by atoms with van der Waals surface area (Å²) in [4.78, 5) is 13.6. The van der Waals surface area contributed by atoms with Crippen molar-refractivity contribution in [3.05, 3.63) is 0 Å².